The van der Waals surface area contributed by atoms with Crippen LogP contribution in [0.2, 0.25) is 0 Å². The summed E-state index contributed by atoms with van der Waals surface area (Å²) in [4.78, 5) is 12.7. The van der Waals surface area contributed by atoms with Gasteiger partial charge in [0.2, 0.25) is 15.9 Å². The maximum absolute atomic E-state index is 13.1. The third-order valence-corrected chi connectivity index (χ3v) is 6.65. The van der Waals surface area contributed by atoms with Crippen LogP contribution in [0.1, 0.15) is 12.8 Å². The average Bonchev–Trinajstić information content (AvgIpc) is 2.74. The number of nitrogens with zero attached hydrogens (tertiary/aromatic N) is 1. The number of methoxy groups -OCH3 is 2. The minimum atomic E-state index is -3.74. The Morgan fingerprint density at radius 1 is 1.07 bits per heavy atom. The van der Waals surface area contributed by atoms with Gasteiger partial charge in [-0.2, -0.15) is 4.31 Å². The molecule has 0 saturated carbocycles. The fraction of sp³-hybridized carbons (Fsp3) is 0.350. The normalized spacial score (nSPS) is 17.7. The summed E-state index contributed by atoms with van der Waals surface area (Å²) in [5.74, 6) is 0.237. The van der Waals surface area contributed by atoms with Crippen molar-refractivity contribution < 1.29 is 22.7 Å². The monoisotopic (exact) mass is 404 g/mol. The lowest BCUT2D eigenvalue weighted by Gasteiger charge is -2.31. The number of nitrogens with one attached hydrogen (secondary N) is 1. The van der Waals surface area contributed by atoms with Gasteiger partial charge in [0.25, 0.3) is 0 Å². The second-order valence-electron chi connectivity index (χ2n) is 6.57. The quantitative estimate of drug-likeness (QED) is 0.800. The number of carbonyl (C=O) groups is 1. The molecule has 1 saturated heterocycles. The highest BCUT2D eigenvalue weighted by Crippen LogP contribution is 2.32. The van der Waals surface area contributed by atoms with Gasteiger partial charge in [-0.1, -0.05) is 18.2 Å². The summed E-state index contributed by atoms with van der Waals surface area (Å²) in [6, 6.07) is 13.7. The molecule has 28 heavy (non-hydrogen) atoms. The molecule has 3 rings (SSSR count). The van der Waals surface area contributed by atoms with E-state index in [1.807, 2.05) is 18.2 Å². The van der Waals surface area contributed by atoms with Crippen LogP contribution in [-0.2, 0) is 14.8 Å². The van der Waals surface area contributed by atoms with Gasteiger partial charge in [-0.3, -0.25) is 4.79 Å². The van der Waals surface area contributed by atoms with Crippen molar-refractivity contribution in [2.24, 2.45) is 5.92 Å². The van der Waals surface area contributed by atoms with Crippen LogP contribution in [0.5, 0.6) is 11.5 Å². The summed E-state index contributed by atoms with van der Waals surface area (Å²) >= 11 is 0. The molecule has 0 radical (unpaired) electrons. The summed E-state index contributed by atoms with van der Waals surface area (Å²) in [6.07, 6.45) is 1.27. The summed E-state index contributed by atoms with van der Waals surface area (Å²) in [5, 5.41) is 2.86. The summed E-state index contributed by atoms with van der Waals surface area (Å²) in [6.45, 7) is 0.529. The molecule has 1 heterocycles. The third kappa shape index (κ3) is 4.28. The van der Waals surface area contributed by atoms with Gasteiger partial charge in [-0.15, -0.1) is 0 Å². The largest absolute Gasteiger partial charge is 0.493 e. The highest BCUT2D eigenvalue weighted by atomic mass is 32.2. The molecule has 7 nitrogen and oxygen atoms in total. The zero-order chi connectivity index (χ0) is 20.1. The van der Waals surface area contributed by atoms with E-state index in [1.54, 1.807) is 18.2 Å². The fourth-order valence-corrected chi connectivity index (χ4v) is 4.81. The molecule has 1 fully saturated rings. The van der Waals surface area contributed by atoms with E-state index in [1.165, 1.54) is 30.7 Å². The van der Waals surface area contributed by atoms with E-state index >= 15 is 0 Å². The van der Waals surface area contributed by atoms with E-state index in [4.69, 9.17) is 9.47 Å². The van der Waals surface area contributed by atoms with Gasteiger partial charge in [-0.25, -0.2) is 8.42 Å². The first-order valence-corrected chi connectivity index (χ1v) is 10.5. The number of ether oxygens (including phenoxy) is 2. The standard InChI is InChI=1S/C20H24N2O5S/c1-26-18-11-10-17(13-19(18)27-2)28(24,25)22-12-6-7-15(14-22)20(23)21-16-8-4-3-5-9-16/h3-5,8-11,13,15H,6-7,12,14H2,1-2H3,(H,21,23)/t15-/m0/s1. The fourth-order valence-electron chi connectivity index (χ4n) is 3.27. The Balaban J connectivity index is 1.76. The molecule has 150 valence electrons. The molecular weight excluding hydrogens is 380 g/mol. The van der Waals surface area contributed by atoms with Crippen molar-refractivity contribution in [3.8, 4) is 11.5 Å². The zero-order valence-corrected chi connectivity index (χ0v) is 16.7. The molecular formula is C20H24N2O5S. The highest BCUT2D eigenvalue weighted by molar-refractivity contribution is 7.89. The van der Waals surface area contributed by atoms with E-state index in [0.29, 0.717) is 36.6 Å². The van der Waals surface area contributed by atoms with Crippen molar-refractivity contribution >= 4 is 21.6 Å². The van der Waals surface area contributed by atoms with Crippen molar-refractivity contribution in [3.05, 3.63) is 48.5 Å². The Labute approximate surface area is 165 Å². The second kappa shape index (κ2) is 8.62. The second-order valence-corrected chi connectivity index (χ2v) is 8.51. The van der Waals surface area contributed by atoms with E-state index in [-0.39, 0.29) is 17.3 Å². The Morgan fingerprint density at radius 3 is 2.46 bits per heavy atom. The molecule has 0 spiro atoms. The lowest BCUT2D eigenvalue weighted by Crippen LogP contribution is -2.43. The van der Waals surface area contributed by atoms with Gasteiger partial charge in [0.1, 0.15) is 0 Å². The molecule has 1 atom stereocenters. The van der Waals surface area contributed by atoms with Gasteiger partial charge in [0.15, 0.2) is 11.5 Å². The van der Waals surface area contributed by atoms with Gasteiger partial charge in [0.05, 0.1) is 25.0 Å². The lowest BCUT2D eigenvalue weighted by atomic mass is 9.99. The molecule has 2 aromatic rings. The molecule has 0 aromatic heterocycles. The number of piperidine rings is 1. The molecule has 1 aliphatic rings. The first kappa shape index (κ1) is 20.2. The number of rotatable bonds is 6. The van der Waals surface area contributed by atoms with Gasteiger partial charge < -0.3 is 14.8 Å². The average molecular weight is 404 g/mol. The number of anilines is 1. The summed E-state index contributed by atoms with van der Waals surface area (Å²) in [5.41, 5.74) is 0.701. The smallest absolute Gasteiger partial charge is 0.243 e. The van der Waals surface area contributed by atoms with Crippen molar-refractivity contribution in [2.75, 3.05) is 32.6 Å². The maximum Gasteiger partial charge on any atom is 0.243 e. The van der Waals surface area contributed by atoms with Crippen LogP contribution in [0.4, 0.5) is 5.69 Å². The van der Waals surface area contributed by atoms with Crippen LogP contribution < -0.4 is 14.8 Å². The Kier molecular flexibility index (Phi) is 6.21. The van der Waals surface area contributed by atoms with Crippen LogP contribution in [0, 0.1) is 5.92 Å². The molecule has 0 unspecified atom stereocenters. The SMILES string of the molecule is COc1ccc(S(=O)(=O)N2CCC[C@H](C(=O)Nc3ccccc3)C2)cc1OC. The Morgan fingerprint density at radius 2 is 1.79 bits per heavy atom. The van der Waals surface area contributed by atoms with E-state index in [0.717, 1.165) is 0 Å². The number of benzene rings is 2. The number of sulfonamides is 1. The number of carbonyl (C=O) groups excluding carboxylic acids is 1. The highest BCUT2D eigenvalue weighted by Gasteiger charge is 2.33. The number of amides is 1. The minimum Gasteiger partial charge on any atom is -0.493 e. The van der Waals surface area contributed by atoms with Crippen LogP contribution >= 0.6 is 0 Å². The summed E-state index contributed by atoms with van der Waals surface area (Å²) < 4.78 is 37.9. The first-order chi connectivity index (χ1) is 13.5. The zero-order valence-electron chi connectivity index (χ0n) is 15.9. The number of hydrogen-bond donors (Lipinski definition) is 1. The van der Waals surface area contributed by atoms with Crippen molar-refractivity contribution in [3.63, 3.8) is 0 Å². The van der Waals surface area contributed by atoms with Crippen LogP contribution in [0.25, 0.3) is 0 Å². The van der Waals surface area contributed by atoms with Crippen molar-refractivity contribution in [1.29, 1.82) is 0 Å². The first-order valence-electron chi connectivity index (χ1n) is 9.04. The molecule has 1 N–H and O–H groups in total. The Hall–Kier alpha value is -2.58. The molecule has 0 bridgehead atoms. The molecule has 1 amide bonds. The maximum atomic E-state index is 13.1. The van der Waals surface area contributed by atoms with E-state index in [2.05, 4.69) is 5.32 Å². The van der Waals surface area contributed by atoms with E-state index < -0.39 is 15.9 Å². The predicted molar refractivity (Wildman–Crippen MR) is 106 cm³/mol. The van der Waals surface area contributed by atoms with Crippen molar-refractivity contribution in [1.82, 2.24) is 4.31 Å². The number of para-hydroxylation sites is 1. The lowest BCUT2D eigenvalue weighted by molar-refractivity contribution is -0.120. The third-order valence-electron chi connectivity index (χ3n) is 4.79. The predicted octanol–water partition coefficient (Wildman–Crippen LogP) is 2.74. The van der Waals surface area contributed by atoms with Gasteiger partial charge in [-0.05, 0) is 37.1 Å². The molecule has 1 aliphatic heterocycles. The van der Waals surface area contributed by atoms with Crippen LogP contribution in [-0.4, -0.2) is 45.9 Å². The molecule has 0 aliphatic carbocycles. The van der Waals surface area contributed by atoms with Gasteiger partial charge >= 0.3 is 0 Å². The summed E-state index contributed by atoms with van der Waals surface area (Å²) in [7, 11) is -0.791. The molecule has 8 heteroatoms. The van der Waals surface area contributed by atoms with Crippen LogP contribution in [0.3, 0.4) is 0 Å². The van der Waals surface area contributed by atoms with Crippen LogP contribution in [0.15, 0.2) is 53.4 Å². The van der Waals surface area contributed by atoms with Gasteiger partial charge in [0, 0.05) is 24.8 Å². The van der Waals surface area contributed by atoms with Crippen molar-refractivity contribution in [2.45, 2.75) is 17.7 Å². The molecule has 2 aromatic carbocycles. The van der Waals surface area contributed by atoms with E-state index in [9.17, 15) is 13.2 Å². The number of hydrogen-bond acceptors (Lipinski definition) is 5. The Bertz CT molecular complexity index is 931. The topological polar surface area (TPSA) is 84.9 Å². The minimum absolute atomic E-state index is 0.120.